The van der Waals surface area contributed by atoms with Crippen molar-refractivity contribution in [2.24, 2.45) is 0 Å². The number of rotatable bonds is 3. The predicted octanol–water partition coefficient (Wildman–Crippen LogP) is 3.03. The molecule has 0 amide bonds. The Morgan fingerprint density at radius 2 is 2.67 bits per heavy atom. The molecule has 0 saturated heterocycles. The minimum Gasteiger partial charge on any atom is -0.137 e. The second kappa shape index (κ2) is 3.75. The first-order valence-corrected chi connectivity index (χ1v) is 4.57. The fourth-order valence-electron chi connectivity index (χ4n) is 0.487. The van der Waals surface area contributed by atoms with Crippen molar-refractivity contribution in [3.63, 3.8) is 0 Å². The molecule has 0 fully saturated rings. The highest BCUT2D eigenvalue weighted by Gasteiger charge is 1.88. The van der Waals surface area contributed by atoms with Crippen molar-refractivity contribution in [1.82, 2.24) is 0 Å². The van der Waals surface area contributed by atoms with E-state index < -0.39 is 0 Å². The van der Waals surface area contributed by atoms with Gasteiger partial charge < -0.3 is 0 Å². The summed E-state index contributed by atoms with van der Waals surface area (Å²) >= 11 is 3.61. The second-order valence-corrected chi connectivity index (χ2v) is 3.80. The van der Waals surface area contributed by atoms with Crippen LogP contribution in [0.5, 0.6) is 0 Å². The topological polar surface area (TPSA) is 0 Å². The lowest BCUT2D eigenvalue weighted by Crippen LogP contribution is -1.63. The lowest BCUT2D eigenvalue weighted by Gasteiger charge is -1.87. The van der Waals surface area contributed by atoms with Gasteiger partial charge in [0.1, 0.15) is 0 Å². The molecule has 2 heteroatoms. The highest BCUT2D eigenvalue weighted by molar-refractivity contribution is 8.01. The van der Waals surface area contributed by atoms with Gasteiger partial charge in [-0.1, -0.05) is 12.1 Å². The summed E-state index contributed by atoms with van der Waals surface area (Å²) in [6.07, 6.45) is 1.92. The Kier molecular flexibility index (Phi) is 2.87. The minimum absolute atomic E-state index is 1.01. The highest BCUT2D eigenvalue weighted by Crippen LogP contribution is 2.22. The molecule has 0 unspecified atom stereocenters. The van der Waals surface area contributed by atoms with E-state index in [2.05, 4.69) is 24.1 Å². The van der Waals surface area contributed by atoms with Crippen LogP contribution in [0.2, 0.25) is 0 Å². The second-order valence-electron chi connectivity index (χ2n) is 1.53. The third kappa shape index (κ3) is 2.24. The Balaban J connectivity index is 2.38. The van der Waals surface area contributed by atoms with Gasteiger partial charge in [-0.2, -0.15) is 0 Å². The molecule has 1 aromatic heterocycles. The van der Waals surface area contributed by atoms with Gasteiger partial charge >= 0.3 is 0 Å². The van der Waals surface area contributed by atoms with Gasteiger partial charge in [-0.25, -0.2) is 0 Å². The number of thiophene rings is 1. The van der Waals surface area contributed by atoms with E-state index in [1.807, 2.05) is 17.8 Å². The SMILES string of the molecule is C=CCSc1cccs1. The third-order valence-electron chi connectivity index (χ3n) is 0.839. The van der Waals surface area contributed by atoms with E-state index in [-0.39, 0.29) is 0 Å². The number of hydrogen-bond acceptors (Lipinski definition) is 2. The minimum atomic E-state index is 1.01. The highest BCUT2D eigenvalue weighted by atomic mass is 32.2. The van der Waals surface area contributed by atoms with Crippen molar-refractivity contribution < 1.29 is 0 Å². The summed E-state index contributed by atoms with van der Waals surface area (Å²) in [5.74, 6) is 1.01. The fraction of sp³-hybridized carbons (Fsp3) is 0.143. The van der Waals surface area contributed by atoms with Gasteiger partial charge in [-0.15, -0.1) is 29.7 Å². The lowest BCUT2D eigenvalue weighted by atomic mass is 10.7. The first-order chi connectivity index (χ1) is 4.43. The molecule has 0 nitrogen and oxygen atoms in total. The smallest absolute Gasteiger partial charge is 0.0601 e. The van der Waals surface area contributed by atoms with Gasteiger partial charge in [0.05, 0.1) is 4.21 Å². The van der Waals surface area contributed by atoms with Crippen LogP contribution in [0.3, 0.4) is 0 Å². The average molecular weight is 156 g/mol. The molecule has 48 valence electrons. The summed E-state index contributed by atoms with van der Waals surface area (Å²) in [7, 11) is 0. The van der Waals surface area contributed by atoms with Crippen LogP contribution >= 0.6 is 23.1 Å². The van der Waals surface area contributed by atoms with E-state index >= 15 is 0 Å². The van der Waals surface area contributed by atoms with Crippen LogP contribution in [0.25, 0.3) is 0 Å². The molecule has 0 saturated carbocycles. The van der Waals surface area contributed by atoms with Crippen molar-refractivity contribution in [3.8, 4) is 0 Å². The van der Waals surface area contributed by atoms with E-state index in [0.29, 0.717) is 0 Å². The van der Waals surface area contributed by atoms with Crippen molar-refractivity contribution in [2.75, 3.05) is 5.75 Å². The lowest BCUT2D eigenvalue weighted by molar-refractivity contribution is 1.70. The molecule has 1 rings (SSSR count). The van der Waals surface area contributed by atoms with E-state index in [1.165, 1.54) is 4.21 Å². The van der Waals surface area contributed by atoms with Crippen LogP contribution in [0.4, 0.5) is 0 Å². The quantitative estimate of drug-likeness (QED) is 0.479. The maximum atomic E-state index is 3.64. The van der Waals surface area contributed by atoms with Gasteiger partial charge in [0.15, 0.2) is 0 Å². The van der Waals surface area contributed by atoms with Crippen molar-refractivity contribution in [3.05, 3.63) is 30.2 Å². The van der Waals surface area contributed by atoms with E-state index in [0.717, 1.165) is 5.75 Å². The van der Waals surface area contributed by atoms with Crippen LogP contribution in [-0.2, 0) is 0 Å². The summed E-state index contributed by atoms with van der Waals surface area (Å²) in [5, 5.41) is 2.09. The molecular weight excluding hydrogens is 148 g/mol. The van der Waals surface area contributed by atoms with Crippen LogP contribution in [0, 0.1) is 0 Å². The Morgan fingerprint density at radius 3 is 3.22 bits per heavy atom. The molecule has 0 aliphatic carbocycles. The van der Waals surface area contributed by atoms with Gasteiger partial charge in [0, 0.05) is 5.75 Å². The summed E-state index contributed by atoms with van der Waals surface area (Å²) in [4.78, 5) is 0. The van der Waals surface area contributed by atoms with Crippen LogP contribution in [0.1, 0.15) is 0 Å². The standard InChI is InChI=1S/C7H8S2/c1-2-5-8-7-4-3-6-9-7/h2-4,6H,1,5H2. The molecule has 0 spiro atoms. The van der Waals surface area contributed by atoms with Gasteiger partial charge in [0.2, 0.25) is 0 Å². The summed E-state index contributed by atoms with van der Waals surface area (Å²) < 4.78 is 1.37. The molecule has 9 heavy (non-hydrogen) atoms. The summed E-state index contributed by atoms with van der Waals surface area (Å²) in [6, 6.07) is 4.19. The van der Waals surface area contributed by atoms with E-state index in [9.17, 15) is 0 Å². The fourth-order valence-corrected chi connectivity index (χ4v) is 2.03. The average Bonchev–Trinajstić information content (AvgIpc) is 2.34. The van der Waals surface area contributed by atoms with Crippen LogP contribution in [0.15, 0.2) is 34.4 Å². The Bertz CT molecular complexity index is 165. The summed E-state index contributed by atoms with van der Waals surface area (Å²) in [5.41, 5.74) is 0. The zero-order valence-electron chi connectivity index (χ0n) is 5.04. The zero-order valence-corrected chi connectivity index (χ0v) is 6.67. The Labute approximate surface area is 63.6 Å². The molecule has 0 aliphatic rings. The van der Waals surface area contributed by atoms with Crippen molar-refractivity contribution in [2.45, 2.75) is 4.21 Å². The van der Waals surface area contributed by atoms with E-state index in [1.54, 1.807) is 11.3 Å². The molecule has 0 aliphatic heterocycles. The molecular formula is C7H8S2. The molecule has 0 bridgehead atoms. The van der Waals surface area contributed by atoms with Crippen LogP contribution in [-0.4, -0.2) is 5.75 Å². The predicted molar refractivity (Wildman–Crippen MR) is 45.2 cm³/mol. The Hall–Kier alpha value is -0.210. The monoisotopic (exact) mass is 156 g/mol. The maximum Gasteiger partial charge on any atom is 0.0601 e. The molecule has 0 radical (unpaired) electrons. The molecule has 1 aromatic rings. The molecule has 0 N–H and O–H groups in total. The largest absolute Gasteiger partial charge is 0.137 e. The number of thioether (sulfide) groups is 1. The van der Waals surface area contributed by atoms with Gasteiger partial charge in [-0.05, 0) is 11.4 Å². The Morgan fingerprint density at radius 1 is 1.78 bits per heavy atom. The molecule has 0 aromatic carbocycles. The maximum absolute atomic E-state index is 3.64. The normalized spacial score (nSPS) is 9.33. The molecule has 1 heterocycles. The van der Waals surface area contributed by atoms with Gasteiger partial charge in [0.25, 0.3) is 0 Å². The first kappa shape index (κ1) is 6.90. The third-order valence-corrected chi connectivity index (χ3v) is 2.97. The first-order valence-electron chi connectivity index (χ1n) is 2.70. The van der Waals surface area contributed by atoms with E-state index in [4.69, 9.17) is 0 Å². The number of hydrogen-bond donors (Lipinski definition) is 0. The van der Waals surface area contributed by atoms with Crippen molar-refractivity contribution >= 4 is 23.1 Å². The van der Waals surface area contributed by atoms with Crippen LogP contribution < -0.4 is 0 Å². The summed E-state index contributed by atoms with van der Waals surface area (Å²) in [6.45, 7) is 3.64. The molecule has 0 atom stereocenters. The van der Waals surface area contributed by atoms with Gasteiger partial charge in [-0.3, -0.25) is 0 Å². The van der Waals surface area contributed by atoms with Crippen molar-refractivity contribution in [1.29, 1.82) is 0 Å². The zero-order chi connectivity index (χ0) is 6.53.